The Labute approximate surface area is 242 Å². The van der Waals surface area contributed by atoms with E-state index in [1.807, 2.05) is 12.2 Å². The number of aromatic nitrogens is 2. The first-order chi connectivity index (χ1) is 20.3. The summed E-state index contributed by atoms with van der Waals surface area (Å²) in [6.45, 7) is 3.06. The molecule has 4 aromatic rings. The largest absolute Gasteiger partial charge is 0.494 e. The standard InChI is InChI=1S/C30H27F5N4O4/c1-4-24(30(33,34)35)38-17-13-20(31)25(21(32)14-17)28(40)39-22(29(41)42)12-16-8-9-19(26-18(16)6-5-11-36-26)27-23(43-3)10-7-15(2)37-27/h5-11,13-14,22,24,38H,4,12H2,1-3H3,(H,39,40)(H,41,42)/t22-,24+/m0/s1. The summed E-state index contributed by atoms with van der Waals surface area (Å²) >= 11 is 0. The van der Waals surface area contributed by atoms with Gasteiger partial charge in [-0.15, -0.1) is 0 Å². The van der Waals surface area contributed by atoms with Crippen LogP contribution in [0.4, 0.5) is 27.6 Å². The van der Waals surface area contributed by atoms with Crippen LogP contribution in [-0.4, -0.2) is 52.3 Å². The highest BCUT2D eigenvalue weighted by Gasteiger charge is 2.38. The van der Waals surface area contributed by atoms with Gasteiger partial charge in [0.1, 0.15) is 40.7 Å². The van der Waals surface area contributed by atoms with Gasteiger partial charge < -0.3 is 20.5 Å². The number of ether oxygens (including phenoxy) is 1. The number of pyridine rings is 2. The number of rotatable bonds is 10. The third kappa shape index (κ3) is 6.82. The summed E-state index contributed by atoms with van der Waals surface area (Å²) in [5.41, 5.74) is 1.16. The number of alkyl halides is 3. The van der Waals surface area contributed by atoms with E-state index >= 15 is 0 Å². The van der Waals surface area contributed by atoms with Crippen LogP contribution in [0, 0.1) is 18.6 Å². The van der Waals surface area contributed by atoms with E-state index in [1.54, 1.807) is 42.6 Å². The molecule has 226 valence electrons. The van der Waals surface area contributed by atoms with E-state index < -0.39 is 59.4 Å². The van der Waals surface area contributed by atoms with Crippen LogP contribution in [0.15, 0.2) is 54.7 Å². The minimum absolute atomic E-state index is 0.283. The molecular weight excluding hydrogens is 575 g/mol. The lowest BCUT2D eigenvalue weighted by atomic mass is 9.96. The average Bonchev–Trinajstić information content (AvgIpc) is 2.94. The molecular formula is C30H27F5N4O4. The lowest BCUT2D eigenvalue weighted by Crippen LogP contribution is -2.43. The van der Waals surface area contributed by atoms with Gasteiger partial charge in [0.2, 0.25) is 0 Å². The van der Waals surface area contributed by atoms with Crippen molar-refractivity contribution in [1.82, 2.24) is 15.3 Å². The number of nitrogens with zero attached hydrogens (tertiary/aromatic N) is 2. The Morgan fingerprint density at radius 2 is 1.77 bits per heavy atom. The van der Waals surface area contributed by atoms with Crippen LogP contribution in [-0.2, 0) is 11.2 Å². The highest BCUT2D eigenvalue weighted by atomic mass is 19.4. The lowest BCUT2D eigenvalue weighted by Gasteiger charge is -2.22. The van der Waals surface area contributed by atoms with Crippen molar-refractivity contribution in [1.29, 1.82) is 0 Å². The summed E-state index contributed by atoms with van der Waals surface area (Å²) in [6.07, 6.45) is -3.81. The van der Waals surface area contributed by atoms with Crippen LogP contribution >= 0.6 is 0 Å². The fraction of sp³-hybridized carbons (Fsp3) is 0.267. The van der Waals surface area contributed by atoms with Gasteiger partial charge >= 0.3 is 12.1 Å². The lowest BCUT2D eigenvalue weighted by molar-refractivity contribution is -0.143. The van der Waals surface area contributed by atoms with Crippen molar-refractivity contribution in [2.75, 3.05) is 12.4 Å². The highest BCUT2D eigenvalue weighted by molar-refractivity contribution is 5.98. The number of hydrogen-bond acceptors (Lipinski definition) is 6. The van der Waals surface area contributed by atoms with Gasteiger partial charge in [0.15, 0.2) is 0 Å². The molecule has 3 N–H and O–H groups in total. The second-order valence-corrected chi connectivity index (χ2v) is 9.71. The third-order valence-electron chi connectivity index (χ3n) is 6.77. The minimum Gasteiger partial charge on any atom is -0.494 e. The Morgan fingerprint density at radius 3 is 2.37 bits per heavy atom. The topological polar surface area (TPSA) is 113 Å². The van der Waals surface area contributed by atoms with Crippen molar-refractivity contribution < 1.29 is 41.4 Å². The number of hydrogen-bond donors (Lipinski definition) is 3. The normalized spacial score (nSPS) is 12.9. The number of carbonyl (C=O) groups is 2. The molecule has 2 atom stereocenters. The molecule has 0 bridgehead atoms. The summed E-state index contributed by atoms with van der Waals surface area (Å²) in [5, 5.41) is 14.5. The predicted octanol–water partition coefficient (Wildman–Crippen LogP) is 6.07. The van der Waals surface area contributed by atoms with E-state index in [-0.39, 0.29) is 6.42 Å². The van der Waals surface area contributed by atoms with E-state index in [1.165, 1.54) is 14.0 Å². The van der Waals surface area contributed by atoms with Crippen LogP contribution in [0.1, 0.15) is 35.0 Å². The van der Waals surface area contributed by atoms with Crippen LogP contribution < -0.4 is 15.4 Å². The van der Waals surface area contributed by atoms with E-state index in [0.717, 1.165) is 5.69 Å². The summed E-state index contributed by atoms with van der Waals surface area (Å²) in [6, 6.07) is 7.62. The number of amides is 1. The van der Waals surface area contributed by atoms with Gasteiger partial charge in [-0.05, 0) is 49.2 Å². The number of aliphatic carboxylic acids is 1. The number of carboxylic acid groups (broad SMARTS) is 1. The van der Waals surface area contributed by atoms with Gasteiger partial charge in [-0.25, -0.2) is 18.6 Å². The molecule has 0 unspecified atom stereocenters. The maximum Gasteiger partial charge on any atom is 0.408 e. The zero-order valence-electron chi connectivity index (χ0n) is 23.2. The monoisotopic (exact) mass is 602 g/mol. The summed E-state index contributed by atoms with van der Waals surface area (Å²) in [5.74, 6) is -5.29. The number of carbonyl (C=O) groups excluding carboxylic acids is 1. The maximum absolute atomic E-state index is 14.8. The van der Waals surface area contributed by atoms with Crippen molar-refractivity contribution in [2.45, 2.75) is 44.9 Å². The van der Waals surface area contributed by atoms with Crippen LogP contribution in [0.25, 0.3) is 22.2 Å². The van der Waals surface area contributed by atoms with Gasteiger partial charge in [0.05, 0.1) is 12.6 Å². The van der Waals surface area contributed by atoms with Crippen LogP contribution in [0.2, 0.25) is 0 Å². The van der Waals surface area contributed by atoms with E-state index in [9.17, 15) is 36.6 Å². The first-order valence-corrected chi connectivity index (χ1v) is 13.1. The van der Waals surface area contributed by atoms with Gasteiger partial charge in [0, 0.05) is 34.9 Å². The number of fused-ring (bicyclic) bond motifs is 1. The van der Waals surface area contributed by atoms with E-state index in [2.05, 4.69) is 15.3 Å². The van der Waals surface area contributed by atoms with Crippen LogP contribution in [0.3, 0.4) is 0 Å². The molecule has 0 aliphatic heterocycles. The molecule has 0 aliphatic rings. The Bertz CT molecular complexity index is 1660. The Hall–Kier alpha value is -4.81. The number of halogens is 5. The molecule has 4 rings (SSSR count). The smallest absolute Gasteiger partial charge is 0.408 e. The van der Waals surface area contributed by atoms with Gasteiger partial charge in [-0.1, -0.05) is 25.1 Å². The molecule has 0 radical (unpaired) electrons. The SMILES string of the molecule is CC[C@@H](Nc1cc(F)c(C(=O)N[C@@H](Cc2ccc(-c3nc(C)ccc3OC)c3ncccc23)C(=O)O)c(F)c1)C(F)(F)F. The molecule has 0 saturated carbocycles. The molecule has 2 aromatic carbocycles. The molecule has 0 aliphatic carbocycles. The first kappa shape index (κ1) is 31.1. The predicted molar refractivity (Wildman–Crippen MR) is 149 cm³/mol. The number of benzene rings is 2. The number of nitrogens with one attached hydrogen (secondary N) is 2. The maximum atomic E-state index is 14.8. The van der Waals surface area contributed by atoms with E-state index in [0.29, 0.717) is 45.6 Å². The quantitative estimate of drug-likeness (QED) is 0.189. The zero-order valence-corrected chi connectivity index (χ0v) is 23.2. The number of methoxy groups -OCH3 is 1. The summed E-state index contributed by atoms with van der Waals surface area (Å²) in [4.78, 5) is 34.0. The molecule has 0 fully saturated rings. The van der Waals surface area contributed by atoms with Crippen molar-refractivity contribution in [3.05, 3.63) is 83.2 Å². The van der Waals surface area contributed by atoms with Gasteiger partial charge in [-0.3, -0.25) is 9.78 Å². The summed E-state index contributed by atoms with van der Waals surface area (Å²) in [7, 11) is 1.50. The van der Waals surface area contributed by atoms with Crippen molar-refractivity contribution in [2.24, 2.45) is 0 Å². The number of aryl methyl sites for hydroxylation is 1. The molecule has 2 heterocycles. The molecule has 13 heteroatoms. The van der Waals surface area contributed by atoms with Crippen molar-refractivity contribution in [3.63, 3.8) is 0 Å². The van der Waals surface area contributed by atoms with E-state index in [4.69, 9.17) is 4.74 Å². The second-order valence-electron chi connectivity index (χ2n) is 9.71. The fourth-order valence-electron chi connectivity index (χ4n) is 4.64. The molecule has 0 spiro atoms. The molecule has 8 nitrogen and oxygen atoms in total. The van der Waals surface area contributed by atoms with Crippen molar-refractivity contribution >= 4 is 28.5 Å². The average molecular weight is 603 g/mol. The number of carboxylic acids is 1. The second kappa shape index (κ2) is 12.6. The summed E-state index contributed by atoms with van der Waals surface area (Å²) < 4.78 is 74.3. The zero-order chi connectivity index (χ0) is 31.5. The Kier molecular flexibility index (Phi) is 9.12. The molecule has 2 aromatic heterocycles. The third-order valence-corrected chi connectivity index (χ3v) is 6.77. The molecule has 1 amide bonds. The minimum atomic E-state index is -4.67. The molecule has 0 saturated heterocycles. The van der Waals surface area contributed by atoms with Crippen LogP contribution in [0.5, 0.6) is 5.75 Å². The van der Waals surface area contributed by atoms with Gasteiger partial charge in [0.25, 0.3) is 5.91 Å². The number of anilines is 1. The Morgan fingerprint density at radius 1 is 1.07 bits per heavy atom. The van der Waals surface area contributed by atoms with Crippen molar-refractivity contribution in [3.8, 4) is 17.0 Å². The Balaban J connectivity index is 1.63. The molecule has 43 heavy (non-hydrogen) atoms. The first-order valence-electron chi connectivity index (χ1n) is 13.1. The van der Waals surface area contributed by atoms with Gasteiger partial charge in [-0.2, -0.15) is 13.2 Å². The fourth-order valence-corrected chi connectivity index (χ4v) is 4.64. The highest BCUT2D eigenvalue weighted by Crippen LogP contribution is 2.34.